The molecule has 1 aromatic rings. The average molecular weight is 588 g/mol. The second kappa shape index (κ2) is 16.0. The first-order chi connectivity index (χ1) is 19.8. The van der Waals surface area contributed by atoms with Crippen molar-refractivity contribution >= 4 is 47.1 Å². The summed E-state index contributed by atoms with van der Waals surface area (Å²) < 4.78 is 0. The number of aliphatic hydroxyl groups is 1. The summed E-state index contributed by atoms with van der Waals surface area (Å²) in [5.74, 6) is -4.90. The molecule has 42 heavy (non-hydrogen) atoms. The van der Waals surface area contributed by atoms with Crippen LogP contribution in [0.25, 0.3) is 0 Å². The third kappa shape index (κ3) is 10.8. The van der Waals surface area contributed by atoms with E-state index in [9.17, 15) is 33.6 Å². The van der Waals surface area contributed by atoms with Crippen LogP contribution in [0, 0.1) is 5.92 Å². The summed E-state index contributed by atoms with van der Waals surface area (Å²) in [6, 6.07) is 2.86. The Morgan fingerprint density at radius 3 is 1.98 bits per heavy atom. The summed E-state index contributed by atoms with van der Waals surface area (Å²) in [6.07, 6.45) is 1.59. The van der Waals surface area contributed by atoms with Gasteiger partial charge in [-0.25, -0.2) is 0 Å². The lowest BCUT2D eigenvalue weighted by atomic mass is 10.0. The number of aliphatic hydroxyl groups excluding tert-OH is 1. The highest BCUT2D eigenvalue weighted by Crippen LogP contribution is 2.12. The molecule has 0 saturated carbocycles. The quantitative estimate of drug-likeness (QED) is 0.141. The molecule has 0 saturated heterocycles. The van der Waals surface area contributed by atoms with Crippen molar-refractivity contribution in [3.8, 4) is 0 Å². The molecule has 0 spiro atoms. The molecule has 3 atom stereocenters. The minimum absolute atomic E-state index is 0.0216. The summed E-state index contributed by atoms with van der Waals surface area (Å²) in [5.41, 5.74) is 0.990. The number of amides is 6. The van der Waals surface area contributed by atoms with Crippen LogP contribution < -0.4 is 21.3 Å². The zero-order valence-electron chi connectivity index (χ0n) is 23.7. The molecule has 0 radical (unpaired) electrons. The summed E-state index contributed by atoms with van der Waals surface area (Å²) in [4.78, 5) is 86.7. The molecule has 14 nitrogen and oxygen atoms in total. The number of hydrogen-bond donors (Lipinski definition) is 6. The Morgan fingerprint density at radius 1 is 0.810 bits per heavy atom. The molecule has 0 bridgehead atoms. The first kappa shape index (κ1) is 33.6. The van der Waals surface area contributed by atoms with E-state index in [-0.39, 0.29) is 38.3 Å². The van der Waals surface area contributed by atoms with Gasteiger partial charge in [-0.1, -0.05) is 26.0 Å². The molecule has 14 heteroatoms. The first-order valence-corrected chi connectivity index (χ1v) is 13.5. The van der Waals surface area contributed by atoms with E-state index in [0.29, 0.717) is 11.3 Å². The molecule has 0 unspecified atom stereocenters. The van der Waals surface area contributed by atoms with Gasteiger partial charge in [0.15, 0.2) is 0 Å². The van der Waals surface area contributed by atoms with Crippen LogP contribution in [-0.4, -0.2) is 81.2 Å². The van der Waals surface area contributed by atoms with Crippen LogP contribution in [0.1, 0.15) is 52.0 Å². The predicted octanol–water partition coefficient (Wildman–Crippen LogP) is -0.182. The van der Waals surface area contributed by atoms with Gasteiger partial charge in [0, 0.05) is 37.2 Å². The average Bonchev–Trinajstić information content (AvgIpc) is 3.25. The van der Waals surface area contributed by atoms with E-state index < -0.39 is 66.0 Å². The van der Waals surface area contributed by atoms with Gasteiger partial charge in [0.1, 0.15) is 18.1 Å². The van der Waals surface area contributed by atoms with Crippen LogP contribution in [0.15, 0.2) is 36.4 Å². The Labute approximate surface area is 242 Å². The van der Waals surface area contributed by atoms with Gasteiger partial charge in [-0.2, -0.15) is 0 Å². The summed E-state index contributed by atoms with van der Waals surface area (Å²) in [7, 11) is 0. The summed E-state index contributed by atoms with van der Waals surface area (Å²) in [5, 5.41) is 28.4. The van der Waals surface area contributed by atoms with Crippen LogP contribution in [0.4, 0.5) is 5.69 Å². The van der Waals surface area contributed by atoms with Gasteiger partial charge in [-0.05, 0) is 43.4 Å². The maximum absolute atomic E-state index is 13.0. The summed E-state index contributed by atoms with van der Waals surface area (Å²) in [6.45, 7) is 4.70. The van der Waals surface area contributed by atoms with Gasteiger partial charge in [-0.3, -0.25) is 38.5 Å². The second-order valence-electron chi connectivity index (χ2n) is 10.2. The van der Waals surface area contributed by atoms with Crippen LogP contribution in [0.2, 0.25) is 0 Å². The molecular formula is C28H37N5O9. The fraction of sp³-hybridized carbons (Fsp3) is 0.464. The van der Waals surface area contributed by atoms with Crippen LogP contribution in [0.5, 0.6) is 0 Å². The van der Waals surface area contributed by atoms with E-state index in [1.54, 1.807) is 24.3 Å². The minimum Gasteiger partial charge on any atom is -0.481 e. The van der Waals surface area contributed by atoms with Crippen molar-refractivity contribution in [2.75, 3.05) is 11.9 Å². The number of benzene rings is 1. The number of rotatable bonds is 16. The Balaban J connectivity index is 2.00. The Bertz CT molecular complexity index is 1190. The Morgan fingerprint density at radius 2 is 1.43 bits per heavy atom. The zero-order chi connectivity index (χ0) is 31.4. The van der Waals surface area contributed by atoms with Crippen LogP contribution >= 0.6 is 0 Å². The standard InChI is InChI=1S/C28H37N5O9/c1-16(2)14-21(31-22(35)12-13-33-23(36)9-10-24(33)37)28(42)29-17(3)26(40)32-20(8-11-25(38)39)27(41)30-19-6-4-18(15-34)5-7-19/h4-7,9-10,16-17,20-21,34H,8,11-15H2,1-3H3,(H,29,42)(H,30,41)(H,31,35)(H,32,40)(H,38,39)/t17-,20-,21+/m0/s1. The number of carbonyl (C=O) groups is 7. The van der Waals surface area contributed by atoms with E-state index in [1.807, 2.05) is 13.8 Å². The van der Waals surface area contributed by atoms with Crippen molar-refractivity contribution in [3.63, 3.8) is 0 Å². The highest BCUT2D eigenvalue weighted by molar-refractivity contribution is 6.13. The SMILES string of the molecule is CC(C)C[C@@H](NC(=O)CCN1C(=O)C=CC1=O)C(=O)N[C@@H](C)C(=O)N[C@@H](CCC(=O)O)C(=O)Nc1ccc(CO)cc1. The summed E-state index contributed by atoms with van der Waals surface area (Å²) >= 11 is 0. The Hall–Kier alpha value is -4.59. The molecule has 0 aliphatic carbocycles. The maximum Gasteiger partial charge on any atom is 0.303 e. The highest BCUT2D eigenvalue weighted by Gasteiger charge is 2.29. The number of carboxylic acid groups (broad SMARTS) is 1. The molecule has 0 fully saturated rings. The van der Waals surface area contributed by atoms with Gasteiger partial charge in [0.05, 0.1) is 6.61 Å². The van der Waals surface area contributed by atoms with E-state index in [1.165, 1.54) is 6.92 Å². The van der Waals surface area contributed by atoms with Crippen molar-refractivity contribution in [1.82, 2.24) is 20.9 Å². The van der Waals surface area contributed by atoms with Gasteiger partial charge < -0.3 is 31.5 Å². The van der Waals surface area contributed by atoms with E-state index >= 15 is 0 Å². The second-order valence-corrected chi connectivity index (χ2v) is 10.2. The maximum atomic E-state index is 13.0. The third-order valence-corrected chi connectivity index (χ3v) is 6.26. The number of carboxylic acids is 1. The van der Waals surface area contributed by atoms with E-state index in [4.69, 9.17) is 10.2 Å². The monoisotopic (exact) mass is 587 g/mol. The topological polar surface area (TPSA) is 211 Å². The molecule has 228 valence electrons. The van der Waals surface area contributed by atoms with Gasteiger partial charge in [-0.15, -0.1) is 0 Å². The van der Waals surface area contributed by atoms with Crippen LogP contribution in [-0.2, 0) is 40.2 Å². The number of nitrogens with zero attached hydrogens (tertiary/aromatic N) is 1. The Kier molecular flexibility index (Phi) is 12.8. The molecule has 1 aromatic carbocycles. The molecule has 1 aliphatic heterocycles. The van der Waals surface area contributed by atoms with Crippen molar-refractivity contribution in [1.29, 1.82) is 0 Å². The molecule has 2 rings (SSSR count). The molecule has 1 aliphatic rings. The third-order valence-electron chi connectivity index (χ3n) is 6.26. The van der Waals surface area contributed by atoms with E-state index in [0.717, 1.165) is 17.1 Å². The number of nitrogens with one attached hydrogen (secondary N) is 4. The number of aliphatic carboxylic acids is 1. The number of hydrogen-bond acceptors (Lipinski definition) is 8. The van der Waals surface area contributed by atoms with Crippen molar-refractivity contribution < 1.29 is 43.8 Å². The fourth-order valence-corrected chi connectivity index (χ4v) is 3.97. The molecule has 0 aromatic heterocycles. The lowest BCUT2D eigenvalue weighted by Crippen LogP contribution is -2.55. The van der Waals surface area contributed by atoms with Gasteiger partial charge >= 0.3 is 5.97 Å². The van der Waals surface area contributed by atoms with Gasteiger partial charge in [0.2, 0.25) is 23.6 Å². The molecule has 6 amide bonds. The predicted molar refractivity (Wildman–Crippen MR) is 149 cm³/mol. The fourth-order valence-electron chi connectivity index (χ4n) is 3.97. The van der Waals surface area contributed by atoms with Gasteiger partial charge in [0.25, 0.3) is 11.8 Å². The van der Waals surface area contributed by atoms with Crippen molar-refractivity contribution in [2.24, 2.45) is 5.92 Å². The van der Waals surface area contributed by atoms with Crippen LogP contribution in [0.3, 0.4) is 0 Å². The highest BCUT2D eigenvalue weighted by atomic mass is 16.4. The molecular weight excluding hydrogens is 550 g/mol. The first-order valence-electron chi connectivity index (χ1n) is 13.5. The lowest BCUT2D eigenvalue weighted by Gasteiger charge is -2.24. The minimum atomic E-state index is -1.23. The number of carbonyl (C=O) groups excluding carboxylic acids is 6. The molecule has 6 N–H and O–H groups in total. The normalized spacial score (nSPS) is 14.7. The number of anilines is 1. The smallest absolute Gasteiger partial charge is 0.303 e. The zero-order valence-corrected chi connectivity index (χ0v) is 23.7. The van der Waals surface area contributed by atoms with Crippen molar-refractivity contribution in [2.45, 2.75) is 71.2 Å². The largest absolute Gasteiger partial charge is 0.481 e. The molecule has 1 heterocycles. The van der Waals surface area contributed by atoms with Crippen molar-refractivity contribution in [3.05, 3.63) is 42.0 Å². The number of imide groups is 1. The van der Waals surface area contributed by atoms with E-state index in [2.05, 4.69) is 21.3 Å². The lowest BCUT2D eigenvalue weighted by molar-refractivity contribution is -0.139.